The predicted molar refractivity (Wildman–Crippen MR) is 187 cm³/mol. The Morgan fingerprint density at radius 2 is 1.59 bits per heavy atom. The monoisotopic (exact) mass is 643 g/mol. The van der Waals surface area contributed by atoms with Crippen LogP contribution in [0.25, 0.3) is 0 Å². The predicted octanol–water partition coefficient (Wildman–Crippen LogP) is 8.97. The number of anilines is 3. The molecule has 1 heterocycles. The standard InChI is InChI=1S/C35H37N3O3S3/c1-35(2,3)23-18-19-27-28(20-23)44-32(29(27)33(40)41-4)38-31(39)30(22-12-7-5-8-13-22)43-26-17-11-16-25(21-26)37-34(42)36-24-14-9-6-10-15-24/h5-17,21,23,30H,18-20H2,1-4H3,(H,38,39)(H2,36,37,42). The van der Waals surface area contributed by atoms with E-state index < -0.39 is 11.2 Å². The molecule has 44 heavy (non-hydrogen) atoms. The number of para-hydroxylation sites is 1. The first kappa shape index (κ1) is 31.8. The number of hydrogen-bond acceptors (Lipinski definition) is 6. The molecule has 4 aromatic rings. The summed E-state index contributed by atoms with van der Waals surface area (Å²) in [6, 6.07) is 27.2. The average molecular weight is 644 g/mol. The maximum absolute atomic E-state index is 14.1. The van der Waals surface area contributed by atoms with Crippen molar-refractivity contribution in [3.8, 4) is 0 Å². The van der Waals surface area contributed by atoms with Crippen molar-refractivity contribution in [1.29, 1.82) is 0 Å². The van der Waals surface area contributed by atoms with Gasteiger partial charge in [0.15, 0.2) is 5.11 Å². The summed E-state index contributed by atoms with van der Waals surface area (Å²) in [5.74, 6) is -0.0984. The Morgan fingerprint density at radius 3 is 2.27 bits per heavy atom. The lowest BCUT2D eigenvalue weighted by Crippen LogP contribution is -2.26. The molecular formula is C35H37N3O3S3. The SMILES string of the molecule is COC(=O)c1c(NC(=O)C(Sc2cccc(NC(=S)Nc3ccccc3)c2)c2ccccc2)sc2c1CCC(C(C)(C)C)C2. The summed E-state index contributed by atoms with van der Waals surface area (Å²) >= 11 is 8.47. The van der Waals surface area contributed by atoms with Crippen molar-refractivity contribution < 1.29 is 14.3 Å². The Balaban J connectivity index is 1.38. The zero-order chi connectivity index (χ0) is 31.3. The molecule has 1 aliphatic rings. The fraction of sp³-hybridized carbons (Fsp3) is 0.286. The van der Waals surface area contributed by atoms with Crippen molar-refractivity contribution in [2.75, 3.05) is 23.1 Å². The summed E-state index contributed by atoms with van der Waals surface area (Å²) in [6.07, 6.45) is 2.69. The first-order valence-corrected chi connectivity index (χ1v) is 16.7. The third kappa shape index (κ3) is 7.70. The van der Waals surface area contributed by atoms with Gasteiger partial charge in [-0.1, -0.05) is 75.4 Å². The summed E-state index contributed by atoms with van der Waals surface area (Å²) in [6.45, 7) is 6.79. The summed E-state index contributed by atoms with van der Waals surface area (Å²) in [5.41, 5.74) is 4.24. The Kier molecular flexibility index (Phi) is 10.1. The number of amides is 1. The van der Waals surface area contributed by atoms with Gasteiger partial charge in [0, 0.05) is 21.1 Å². The molecule has 9 heteroatoms. The molecule has 0 bridgehead atoms. The van der Waals surface area contributed by atoms with E-state index >= 15 is 0 Å². The fourth-order valence-electron chi connectivity index (χ4n) is 5.41. The number of fused-ring (bicyclic) bond motifs is 1. The molecule has 0 saturated heterocycles. The number of carbonyl (C=O) groups excluding carboxylic acids is 2. The molecule has 6 nitrogen and oxygen atoms in total. The molecule has 0 saturated carbocycles. The third-order valence-corrected chi connectivity index (χ3v) is 10.5. The topological polar surface area (TPSA) is 79.5 Å². The Morgan fingerprint density at radius 1 is 0.932 bits per heavy atom. The summed E-state index contributed by atoms with van der Waals surface area (Å²) in [4.78, 5) is 29.1. The lowest BCUT2D eigenvalue weighted by Gasteiger charge is -2.33. The second kappa shape index (κ2) is 14.0. The van der Waals surface area contributed by atoms with Crippen molar-refractivity contribution >= 4 is 68.7 Å². The van der Waals surface area contributed by atoms with Gasteiger partial charge in [-0.15, -0.1) is 23.1 Å². The van der Waals surface area contributed by atoms with Gasteiger partial charge >= 0.3 is 5.97 Å². The molecule has 1 aliphatic carbocycles. The van der Waals surface area contributed by atoms with E-state index in [0.29, 0.717) is 21.6 Å². The van der Waals surface area contributed by atoms with E-state index in [1.54, 1.807) is 0 Å². The first-order chi connectivity index (χ1) is 21.1. The van der Waals surface area contributed by atoms with Crippen molar-refractivity contribution in [3.63, 3.8) is 0 Å². The minimum Gasteiger partial charge on any atom is -0.465 e. The molecule has 3 N–H and O–H groups in total. The van der Waals surface area contributed by atoms with Gasteiger partial charge in [0.2, 0.25) is 5.91 Å². The van der Waals surface area contributed by atoms with E-state index in [-0.39, 0.29) is 11.3 Å². The summed E-state index contributed by atoms with van der Waals surface area (Å²) < 4.78 is 5.19. The van der Waals surface area contributed by atoms with E-state index in [2.05, 4.69) is 36.7 Å². The first-order valence-electron chi connectivity index (χ1n) is 14.6. The zero-order valence-electron chi connectivity index (χ0n) is 25.3. The van der Waals surface area contributed by atoms with Gasteiger partial charge in [-0.2, -0.15) is 0 Å². The van der Waals surface area contributed by atoms with E-state index in [4.69, 9.17) is 17.0 Å². The quantitative estimate of drug-likeness (QED) is 0.100. The van der Waals surface area contributed by atoms with E-state index in [9.17, 15) is 9.59 Å². The number of benzene rings is 3. The minimum atomic E-state index is -0.562. The number of thiocarbonyl (C=S) groups is 1. The van der Waals surface area contributed by atoms with Gasteiger partial charge in [0.1, 0.15) is 10.3 Å². The number of rotatable bonds is 8. The van der Waals surface area contributed by atoms with Gasteiger partial charge in [0.05, 0.1) is 12.7 Å². The maximum atomic E-state index is 14.1. The molecule has 228 valence electrons. The van der Waals surface area contributed by atoms with Crippen molar-refractivity contribution in [1.82, 2.24) is 0 Å². The highest BCUT2D eigenvalue weighted by atomic mass is 32.2. The second-order valence-electron chi connectivity index (χ2n) is 11.9. The molecule has 0 radical (unpaired) electrons. The Bertz CT molecular complexity index is 1630. The van der Waals surface area contributed by atoms with Crippen LogP contribution in [0.1, 0.15) is 58.8 Å². The van der Waals surface area contributed by atoms with Crippen molar-refractivity contribution in [2.24, 2.45) is 11.3 Å². The molecule has 3 aromatic carbocycles. The van der Waals surface area contributed by atoms with Crippen LogP contribution in [-0.4, -0.2) is 24.1 Å². The van der Waals surface area contributed by atoms with Crippen LogP contribution in [0.2, 0.25) is 0 Å². The molecule has 2 atom stereocenters. The number of thiophene rings is 1. The number of hydrogen-bond donors (Lipinski definition) is 3. The molecular weight excluding hydrogens is 607 g/mol. The molecule has 0 aliphatic heterocycles. The largest absolute Gasteiger partial charge is 0.465 e. The zero-order valence-corrected chi connectivity index (χ0v) is 27.8. The molecule has 1 amide bonds. The number of carbonyl (C=O) groups is 2. The van der Waals surface area contributed by atoms with Crippen molar-refractivity contribution in [2.45, 2.75) is 50.2 Å². The van der Waals surface area contributed by atoms with Gasteiger partial charge in [-0.3, -0.25) is 4.79 Å². The van der Waals surface area contributed by atoms with E-state index in [1.807, 2.05) is 84.9 Å². The number of nitrogens with one attached hydrogen (secondary N) is 3. The number of methoxy groups -OCH3 is 1. The fourth-order valence-corrected chi connectivity index (χ4v) is 8.05. The number of esters is 1. The Labute approximate surface area is 273 Å². The van der Waals surface area contributed by atoms with Crippen molar-refractivity contribution in [3.05, 3.63) is 106 Å². The molecule has 5 rings (SSSR count). The minimum absolute atomic E-state index is 0.163. The highest BCUT2D eigenvalue weighted by molar-refractivity contribution is 8.00. The maximum Gasteiger partial charge on any atom is 0.341 e. The van der Waals surface area contributed by atoms with Gasteiger partial charge in [0.25, 0.3) is 0 Å². The summed E-state index contributed by atoms with van der Waals surface area (Å²) in [7, 11) is 1.39. The molecule has 0 spiro atoms. The molecule has 1 aromatic heterocycles. The van der Waals surface area contributed by atoms with E-state index in [0.717, 1.165) is 51.5 Å². The highest BCUT2D eigenvalue weighted by Gasteiger charge is 2.35. The van der Waals surface area contributed by atoms with Crippen LogP contribution in [0.3, 0.4) is 0 Å². The smallest absolute Gasteiger partial charge is 0.341 e. The van der Waals surface area contributed by atoms with Gasteiger partial charge in [-0.25, -0.2) is 4.79 Å². The van der Waals surface area contributed by atoms with Crippen LogP contribution in [-0.2, 0) is 22.4 Å². The van der Waals surface area contributed by atoms with Crippen LogP contribution in [0.5, 0.6) is 0 Å². The summed E-state index contributed by atoms with van der Waals surface area (Å²) in [5, 5.41) is 10.0. The number of thioether (sulfide) groups is 1. The average Bonchev–Trinajstić information content (AvgIpc) is 3.37. The lowest BCUT2D eigenvalue weighted by atomic mass is 9.72. The van der Waals surface area contributed by atoms with Crippen LogP contribution < -0.4 is 16.0 Å². The third-order valence-electron chi connectivity index (χ3n) is 7.83. The van der Waals surface area contributed by atoms with Crippen LogP contribution >= 0.6 is 35.3 Å². The highest BCUT2D eigenvalue weighted by Crippen LogP contribution is 2.45. The van der Waals surface area contributed by atoms with Crippen LogP contribution in [0, 0.1) is 11.3 Å². The van der Waals surface area contributed by atoms with Gasteiger partial charge < -0.3 is 20.7 Å². The van der Waals surface area contributed by atoms with Gasteiger partial charge in [-0.05, 0) is 84.3 Å². The Hall–Kier alpha value is -3.66. The van der Waals surface area contributed by atoms with Crippen LogP contribution in [0.15, 0.2) is 89.8 Å². The van der Waals surface area contributed by atoms with Crippen LogP contribution in [0.4, 0.5) is 16.4 Å². The molecule has 0 fully saturated rings. The molecule has 2 unspecified atom stereocenters. The van der Waals surface area contributed by atoms with E-state index in [1.165, 1.54) is 30.2 Å². The second-order valence-corrected chi connectivity index (χ2v) is 14.6. The normalized spacial score (nSPS) is 15.0. The lowest BCUT2D eigenvalue weighted by molar-refractivity contribution is -0.115. The number of ether oxygens (including phenoxy) is 1.